The zero-order valence-corrected chi connectivity index (χ0v) is 14.4. The third kappa shape index (κ3) is 2.72. The smallest absolute Gasteiger partial charge is 0.0800 e. The Morgan fingerprint density at radius 3 is 2.50 bits per heavy atom. The molecule has 1 aliphatic rings. The van der Waals surface area contributed by atoms with Crippen LogP contribution in [-0.2, 0) is 0 Å². The first-order valence-electron chi connectivity index (χ1n) is 8.65. The second kappa shape index (κ2) is 6.38. The third-order valence-corrected chi connectivity index (χ3v) is 5.09. The van der Waals surface area contributed by atoms with Crippen LogP contribution in [0.4, 0.5) is 0 Å². The largest absolute Gasteiger partial charge is 0.358 e. The second-order valence-electron chi connectivity index (χ2n) is 6.71. The summed E-state index contributed by atoms with van der Waals surface area (Å²) in [4.78, 5) is 13.2. The van der Waals surface area contributed by atoms with Gasteiger partial charge in [0.2, 0.25) is 0 Å². The van der Waals surface area contributed by atoms with E-state index in [1.807, 2.05) is 12.3 Å². The van der Waals surface area contributed by atoms with Crippen LogP contribution in [0, 0.1) is 6.92 Å². The van der Waals surface area contributed by atoms with Crippen LogP contribution in [0.3, 0.4) is 0 Å². The van der Waals surface area contributed by atoms with Crippen molar-refractivity contribution in [3.63, 3.8) is 0 Å². The van der Waals surface area contributed by atoms with Crippen molar-refractivity contribution in [2.75, 3.05) is 33.2 Å². The Labute approximate surface area is 143 Å². The number of H-pyrrole nitrogens is 1. The summed E-state index contributed by atoms with van der Waals surface area (Å²) in [5, 5.41) is 1.31. The van der Waals surface area contributed by atoms with Crippen LogP contribution in [0.5, 0.6) is 0 Å². The molecule has 1 saturated heterocycles. The highest BCUT2D eigenvalue weighted by molar-refractivity contribution is 5.85. The van der Waals surface area contributed by atoms with Crippen LogP contribution in [0.25, 0.3) is 10.9 Å². The van der Waals surface area contributed by atoms with Crippen molar-refractivity contribution < 1.29 is 0 Å². The van der Waals surface area contributed by atoms with Crippen LogP contribution in [-0.4, -0.2) is 53.0 Å². The number of hydrogen-bond acceptors (Lipinski definition) is 3. The van der Waals surface area contributed by atoms with Gasteiger partial charge in [-0.25, -0.2) is 0 Å². The molecular formula is C20H24N4. The molecular weight excluding hydrogens is 296 g/mol. The van der Waals surface area contributed by atoms with Crippen molar-refractivity contribution >= 4 is 10.9 Å². The first-order chi connectivity index (χ1) is 11.7. The summed E-state index contributed by atoms with van der Waals surface area (Å²) >= 11 is 0. The fourth-order valence-corrected chi connectivity index (χ4v) is 3.79. The van der Waals surface area contributed by atoms with E-state index in [0.29, 0.717) is 0 Å². The van der Waals surface area contributed by atoms with Gasteiger partial charge in [0, 0.05) is 54.5 Å². The number of aryl methyl sites for hydroxylation is 1. The molecule has 0 spiro atoms. The monoisotopic (exact) mass is 320 g/mol. The predicted octanol–water partition coefficient (Wildman–Crippen LogP) is 3.21. The number of fused-ring (bicyclic) bond motifs is 1. The van der Waals surface area contributed by atoms with E-state index in [9.17, 15) is 0 Å². The number of benzene rings is 1. The van der Waals surface area contributed by atoms with Crippen LogP contribution in [0.2, 0.25) is 0 Å². The average Bonchev–Trinajstić information content (AvgIpc) is 2.94. The van der Waals surface area contributed by atoms with Gasteiger partial charge in [0.1, 0.15) is 0 Å². The molecule has 3 heterocycles. The lowest BCUT2D eigenvalue weighted by molar-refractivity contribution is 0.126. The van der Waals surface area contributed by atoms with E-state index in [2.05, 4.69) is 65.2 Å². The molecule has 1 aromatic carbocycles. The minimum atomic E-state index is 0.205. The number of aromatic nitrogens is 2. The number of nitrogens with zero attached hydrogens (tertiary/aromatic N) is 3. The van der Waals surface area contributed by atoms with Gasteiger partial charge in [-0.1, -0.05) is 24.3 Å². The number of likely N-dealkylation sites (N-methyl/N-ethyl adjacent to an activating group) is 1. The quantitative estimate of drug-likeness (QED) is 0.805. The predicted molar refractivity (Wildman–Crippen MR) is 98.2 cm³/mol. The zero-order valence-electron chi connectivity index (χ0n) is 14.4. The number of piperazine rings is 1. The summed E-state index contributed by atoms with van der Waals surface area (Å²) in [5.41, 5.74) is 4.95. The van der Waals surface area contributed by atoms with E-state index >= 15 is 0 Å². The summed E-state index contributed by atoms with van der Waals surface area (Å²) in [6.45, 7) is 6.52. The number of aromatic amines is 1. The molecule has 0 radical (unpaired) electrons. The highest BCUT2D eigenvalue weighted by atomic mass is 15.3. The Kier molecular flexibility index (Phi) is 4.08. The molecule has 0 bridgehead atoms. The number of nitrogens with one attached hydrogen (secondary N) is 1. The summed E-state index contributed by atoms with van der Waals surface area (Å²) in [6.07, 6.45) is 1.91. The molecule has 1 aliphatic heterocycles. The zero-order chi connectivity index (χ0) is 16.5. The standard InChI is InChI=1S/C20H24N4/c1-15-19(16-7-3-4-8-17(16)22-15)20(18-9-5-6-10-21-18)24-13-11-23(2)12-14-24/h3-10,20,22H,11-14H2,1-2H3/t20-/m0/s1. The molecule has 124 valence electrons. The first kappa shape index (κ1) is 15.4. The maximum Gasteiger partial charge on any atom is 0.0800 e. The van der Waals surface area contributed by atoms with Crippen molar-refractivity contribution in [2.45, 2.75) is 13.0 Å². The van der Waals surface area contributed by atoms with E-state index in [0.717, 1.165) is 31.9 Å². The number of hydrogen-bond donors (Lipinski definition) is 1. The lowest BCUT2D eigenvalue weighted by Crippen LogP contribution is -2.46. The summed E-state index contributed by atoms with van der Waals surface area (Å²) in [6, 6.07) is 15.0. The van der Waals surface area contributed by atoms with E-state index in [-0.39, 0.29) is 6.04 Å². The Bertz CT molecular complexity index is 816. The average molecular weight is 320 g/mol. The van der Waals surface area contributed by atoms with Crippen LogP contribution in [0.15, 0.2) is 48.7 Å². The van der Waals surface area contributed by atoms with Gasteiger partial charge in [-0.05, 0) is 32.2 Å². The van der Waals surface area contributed by atoms with Crippen LogP contribution in [0.1, 0.15) is 23.0 Å². The van der Waals surface area contributed by atoms with Gasteiger partial charge in [-0.3, -0.25) is 9.88 Å². The highest BCUT2D eigenvalue weighted by Crippen LogP contribution is 2.35. The molecule has 4 nitrogen and oxygen atoms in total. The minimum Gasteiger partial charge on any atom is -0.358 e. The van der Waals surface area contributed by atoms with Gasteiger partial charge in [-0.2, -0.15) is 0 Å². The van der Waals surface area contributed by atoms with E-state index in [1.54, 1.807) is 0 Å². The molecule has 0 amide bonds. The molecule has 0 saturated carbocycles. The topological polar surface area (TPSA) is 35.2 Å². The van der Waals surface area contributed by atoms with Gasteiger partial charge >= 0.3 is 0 Å². The molecule has 24 heavy (non-hydrogen) atoms. The van der Waals surface area contributed by atoms with Crippen LogP contribution >= 0.6 is 0 Å². The number of rotatable bonds is 3. The third-order valence-electron chi connectivity index (χ3n) is 5.09. The normalized spacial score (nSPS) is 18.1. The molecule has 0 unspecified atom stereocenters. The van der Waals surface area contributed by atoms with Gasteiger partial charge < -0.3 is 9.88 Å². The van der Waals surface area contributed by atoms with Gasteiger partial charge in [0.15, 0.2) is 0 Å². The summed E-state index contributed by atoms with van der Waals surface area (Å²) < 4.78 is 0. The first-order valence-corrected chi connectivity index (χ1v) is 8.65. The Hall–Kier alpha value is -2.17. The van der Waals surface area contributed by atoms with Crippen molar-refractivity contribution in [3.05, 3.63) is 65.6 Å². The van der Waals surface area contributed by atoms with Crippen molar-refractivity contribution in [1.29, 1.82) is 0 Å². The van der Waals surface area contributed by atoms with Crippen molar-refractivity contribution in [2.24, 2.45) is 0 Å². The number of pyridine rings is 1. The molecule has 0 aliphatic carbocycles. The Balaban J connectivity index is 1.84. The van der Waals surface area contributed by atoms with Gasteiger partial charge in [0.25, 0.3) is 0 Å². The van der Waals surface area contributed by atoms with E-state index in [4.69, 9.17) is 4.98 Å². The number of para-hydroxylation sites is 1. The molecule has 2 aromatic heterocycles. The van der Waals surface area contributed by atoms with Crippen molar-refractivity contribution in [3.8, 4) is 0 Å². The highest BCUT2D eigenvalue weighted by Gasteiger charge is 2.29. The Morgan fingerprint density at radius 1 is 1.00 bits per heavy atom. The molecule has 1 atom stereocenters. The Morgan fingerprint density at radius 2 is 1.75 bits per heavy atom. The molecule has 1 N–H and O–H groups in total. The van der Waals surface area contributed by atoms with Crippen LogP contribution < -0.4 is 0 Å². The van der Waals surface area contributed by atoms with E-state index < -0.39 is 0 Å². The summed E-state index contributed by atoms with van der Waals surface area (Å²) in [7, 11) is 2.20. The second-order valence-corrected chi connectivity index (χ2v) is 6.71. The van der Waals surface area contributed by atoms with E-state index in [1.165, 1.54) is 22.2 Å². The summed E-state index contributed by atoms with van der Waals surface area (Å²) in [5.74, 6) is 0. The fraction of sp³-hybridized carbons (Fsp3) is 0.350. The fourth-order valence-electron chi connectivity index (χ4n) is 3.79. The van der Waals surface area contributed by atoms with Gasteiger partial charge in [-0.15, -0.1) is 0 Å². The lowest BCUT2D eigenvalue weighted by Gasteiger charge is -2.38. The van der Waals surface area contributed by atoms with Crippen molar-refractivity contribution in [1.82, 2.24) is 19.8 Å². The van der Waals surface area contributed by atoms with Gasteiger partial charge in [0.05, 0.1) is 11.7 Å². The molecule has 4 rings (SSSR count). The minimum absolute atomic E-state index is 0.205. The maximum absolute atomic E-state index is 4.71. The maximum atomic E-state index is 4.71. The molecule has 1 fully saturated rings. The lowest BCUT2D eigenvalue weighted by atomic mass is 9.97. The SMILES string of the molecule is Cc1[nH]c2ccccc2c1[C@H](c1ccccn1)N1CCN(C)CC1. The molecule has 3 aromatic rings. The molecule has 4 heteroatoms.